The molecular formula is C37H35F4N5O3. The van der Waals surface area contributed by atoms with Gasteiger partial charge in [-0.15, -0.1) is 0 Å². The van der Waals surface area contributed by atoms with Crippen molar-refractivity contribution in [1.82, 2.24) is 25.1 Å². The zero-order valence-corrected chi connectivity index (χ0v) is 26.7. The lowest BCUT2D eigenvalue weighted by Gasteiger charge is -2.55. The summed E-state index contributed by atoms with van der Waals surface area (Å²) in [6, 6.07) is 25.7. The van der Waals surface area contributed by atoms with E-state index in [1.54, 1.807) is 17.1 Å². The number of benzene rings is 4. The number of hydrazine groups is 1. The number of urea groups is 1. The van der Waals surface area contributed by atoms with Gasteiger partial charge in [0.25, 0.3) is 0 Å². The molecule has 12 heteroatoms. The summed E-state index contributed by atoms with van der Waals surface area (Å²) < 4.78 is 54.6. The zero-order valence-electron chi connectivity index (χ0n) is 26.7. The average Bonchev–Trinajstić information content (AvgIpc) is 3.08. The molecule has 0 bridgehead atoms. The van der Waals surface area contributed by atoms with Gasteiger partial charge in [0.2, 0.25) is 11.8 Å². The maximum absolute atomic E-state index is 14.2. The zero-order chi connectivity index (χ0) is 34.7. The summed E-state index contributed by atoms with van der Waals surface area (Å²) in [7, 11) is 0. The van der Waals surface area contributed by atoms with Crippen LogP contribution in [0.15, 0.2) is 103 Å². The molecule has 49 heavy (non-hydrogen) atoms. The van der Waals surface area contributed by atoms with E-state index in [0.29, 0.717) is 5.56 Å². The highest BCUT2D eigenvalue weighted by Gasteiger charge is 2.51. The molecule has 2 heterocycles. The van der Waals surface area contributed by atoms with Gasteiger partial charge in [-0.05, 0) is 53.4 Å². The molecular weight excluding hydrogens is 638 g/mol. The predicted octanol–water partition coefficient (Wildman–Crippen LogP) is 5.90. The molecule has 0 aliphatic carbocycles. The molecule has 1 N–H and O–H groups in total. The van der Waals surface area contributed by atoms with Gasteiger partial charge in [-0.25, -0.2) is 19.2 Å². The summed E-state index contributed by atoms with van der Waals surface area (Å²) in [6.07, 6.45) is -5.43. The first kappa shape index (κ1) is 33.7. The molecule has 2 fully saturated rings. The molecule has 4 aromatic carbocycles. The lowest BCUT2D eigenvalue weighted by Crippen LogP contribution is -2.76. The van der Waals surface area contributed by atoms with Gasteiger partial charge in [-0.3, -0.25) is 9.59 Å². The molecule has 2 aliphatic rings. The van der Waals surface area contributed by atoms with Crippen molar-refractivity contribution in [2.45, 2.75) is 51.4 Å². The number of hydrogen-bond donors (Lipinski definition) is 1. The maximum Gasteiger partial charge on any atom is 0.416 e. The fourth-order valence-electron chi connectivity index (χ4n) is 6.34. The first-order valence-electron chi connectivity index (χ1n) is 15.9. The quantitative estimate of drug-likeness (QED) is 0.237. The Morgan fingerprint density at radius 1 is 0.816 bits per heavy atom. The average molecular weight is 674 g/mol. The van der Waals surface area contributed by atoms with E-state index in [1.165, 1.54) is 39.1 Å². The molecule has 0 unspecified atom stereocenters. The minimum atomic E-state index is -4.57. The number of rotatable bonds is 8. The van der Waals surface area contributed by atoms with Crippen molar-refractivity contribution in [1.29, 1.82) is 0 Å². The normalized spacial score (nSPS) is 18.4. The minimum absolute atomic E-state index is 0.0827. The molecule has 0 spiro atoms. The van der Waals surface area contributed by atoms with E-state index in [-0.39, 0.29) is 50.6 Å². The molecule has 4 amide bonds. The Morgan fingerprint density at radius 3 is 2.18 bits per heavy atom. The number of halogens is 4. The van der Waals surface area contributed by atoms with Gasteiger partial charge < -0.3 is 15.1 Å². The van der Waals surface area contributed by atoms with E-state index >= 15 is 0 Å². The Kier molecular flexibility index (Phi) is 9.68. The lowest BCUT2D eigenvalue weighted by atomic mass is 9.97. The minimum Gasteiger partial charge on any atom is -0.333 e. The second kappa shape index (κ2) is 14.1. The number of piperazine rings is 1. The number of nitrogens with one attached hydrogen (secondary N) is 1. The van der Waals surface area contributed by atoms with Crippen LogP contribution >= 0.6 is 0 Å². The lowest BCUT2D eigenvalue weighted by molar-refractivity contribution is -0.192. The fourth-order valence-corrected chi connectivity index (χ4v) is 6.34. The van der Waals surface area contributed by atoms with Crippen molar-refractivity contribution in [3.63, 3.8) is 0 Å². The van der Waals surface area contributed by atoms with Crippen LogP contribution in [0.5, 0.6) is 0 Å². The van der Waals surface area contributed by atoms with Gasteiger partial charge >= 0.3 is 12.2 Å². The Hall–Kier alpha value is -5.23. The Morgan fingerprint density at radius 2 is 1.49 bits per heavy atom. The highest BCUT2D eigenvalue weighted by molar-refractivity contribution is 5.91. The first-order chi connectivity index (χ1) is 23.5. The van der Waals surface area contributed by atoms with Gasteiger partial charge in [0.15, 0.2) is 0 Å². The summed E-state index contributed by atoms with van der Waals surface area (Å²) in [5, 5.41) is 5.92. The summed E-state index contributed by atoms with van der Waals surface area (Å²) in [5.74, 6) is -1.25. The highest BCUT2D eigenvalue weighted by Crippen LogP contribution is 2.32. The molecule has 0 saturated carbocycles. The molecule has 2 saturated heterocycles. The molecule has 0 aromatic heterocycles. The van der Waals surface area contributed by atoms with E-state index in [9.17, 15) is 31.9 Å². The number of carbonyl (C=O) groups excluding carboxylic acids is 3. The van der Waals surface area contributed by atoms with Crippen LogP contribution in [0.3, 0.4) is 0 Å². The monoisotopic (exact) mass is 673 g/mol. The van der Waals surface area contributed by atoms with E-state index in [2.05, 4.69) is 5.32 Å². The van der Waals surface area contributed by atoms with Crippen LogP contribution in [0, 0.1) is 12.7 Å². The molecule has 2 aliphatic heterocycles. The number of carbonyl (C=O) groups is 3. The smallest absolute Gasteiger partial charge is 0.333 e. The summed E-state index contributed by atoms with van der Waals surface area (Å²) in [4.78, 5) is 45.2. The van der Waals surface area contributed by atoms with Crippen molar-refractivity contribution in [2.75, 3.05) is 13.1 Å². The summed E-state index contributed by atoms with van der Waals surface area (Å²) in [6.45, 7) is 1.64. The second-order valence-electron chi connectivity index (χ2n) is 12.3. The predicted molar refractivity (Wildman–Crippen MR) is 173 cm³/mol. The number of nitrogens with zero attached hydrogens (tertiary/aromatic N) is 4. The van der Waals surface area contributed by atoms with E-state index in [4.69, 9.17) is 0 Å². The van der Waals surface area contributed by atoms with Crippen LogP contribution in [-0.2, 0) is 41.8 Å². The second-order valence-corrected chi connectivity index (χ2v) is 12.3. The van der Waals surface area contributed by atoms with Gasteiger partial charge in [0.05, 0.1) is 18.7 Å². The first-order valence-corrected chi connectivity index (χ1v) is 15.9. The van der Waals surface area contributed by atoms with Crippen LogP contribution < -0.4 is 5.32 Å². The fraction of sp³-hybridized carbons (Fsp3) is 0.270. The number of alkyl halides is 3. The van der Waals surface area contributed by atoms with Crippen molar-refractivity contribution < 1.29 is 31.9 Å². The Labute approximate surface area is 281 Å². The Bertz CT molecular complexity index is 1800. The van der Waals surface area contributed by atoms with Gasteiger partial charge in [0.1, 0.15) is 18.0 Å². The van der Waals surface area contributed by atoms with Gasteiger partial charge in [0, 0.05) is 26.1 Å². The maximum atomic E-state index is 14.2. The van der Waals surface area contributed by atoms with E-state index < -0.39 is 41.7 Å². The topological polar surface area (TPSA) is 76.2 Å². The number of aryl methyl sites for hydroxylation is 1. The van der Waals surface area contributed by atoms with Crippen LogP contribution in [0.1, 0.15) is 33.4 Å². The van der Waals surface area contributed by atoms with Crippen LogP contribution in [0.25, 0.3) is 0 Å². The van der Waals surface area contributed by atoms with Crippen LogP contribution in [-0.4, -0.2) is 63.0 Å². The van der Waals surface area contributed by atoms with Crippen LogP contribution in [0.2, 0.25) is 0 Å². The molecule has 2 atom stereocenters. The van der Waals surface area contributed by atoms with Crippen molar-refractivity contribution in [2.24, 2.45) is 0 Å². The van der Waals surface area contributed by atoms with Gasteiger partial charge in [-0.1, -0.05) is 84.4 Å². The standard InChI is InChI=1S/C37H35F4N5O3/c1-25-10-12-26(13-11-25)19-32-35(48)43(21-29-8-5-9-30(18-29)37(39,40)41)23-33-45(32)34(47)24-44(22-28-14-16-31(38)17-15-28)46(33)36(49)42-20-27-6-3-2-4-7-27/h2-18,32-33H,19-24H2,1H3,(H,42,49)/t32-,33-/m0/s1. The molecule has 254 valence electrons. The Balaban J connectivity index is 1.38. The van der Waals surface area contributed by atoms with Crippen molar-refractivity contribution >= 4 is 17.8 Å². The summed E-state index contributed by atoms with van der Waals surface area (Å²) >= 11 is 0. The van der Waals surface area contributed by atoms with E-state index in [1.807, 2.05) is 61.5 Å². The molecule has 8 nitrogen and oxygen atoms in total. The third-order valence-electron chi connectivity index (χ3n) is 8.78. The third-order valence-corrected chi connectivity index (χ3v) is 8.78. The van der Waals surface area contributed by atoms with Crippen molar-refractivity contribution in [3.8, 4) is 0 Å². The number of fused-ring (bicyclic) bond motifs is 1. The van der Waals surface area contributed by atoms with Crippen LogP contribution in [0.4, 0.5) is 22.4 Å². The molecule has 0 radical (unpaired) electrons. The van der Waals surface area contributed by atoms with Crippen molar-refractivity contribution in [3.05, 3.63) is 142 Å². The third kappa shape index (κ3) is 7.75. The largest absolute Gasteiger partial charge is 0.416 e. The van der Waals surface area contributed by atoms with Gasteiger partial charge in [-0.2, -0.15) is 13.2 Å². The molecule has 4 aromatic rings. The SMILES string of the molecule is Cc1ccc(C[C@H]2C(=O)N(Cc3cccc(C(F)(F)F)c3)C[C@H]3N2C(=O)CN(Cc2ccc(F)cc2)N3C(=O)NCc2ccccc2)cc1. The van der Waals surface area contributed by atoms with E-state index in [0.717, 1.165) is 28.8 Å². The summed E-state index contributed by atoms with van der Waals surface area (Å²) in [5.41, 5.74) is 2.70. The number of amides is 4. The number of hydrogen-bond acceptors (Lipinski definition) is 4. The molecule has 6 rings (SSSR count). The highest BCUT2D eigenvalue weighted by atomic mass is 19.4.